The number of halogens is 1. The summed E-state index contributed by atoms with van der Waals surface area (Å²) in [5.41, 5.74) is 0.792. The fraction of sp³-hybridized carbons (Fsp3) is 0.357. The van der Waals surface area contributed by atoms with E-state index in [1.807, 2.05) is 60.7 Å². The number of hydrogen-bond acceptors (Lipinski definition) is 3. The Labute approximate surface area is 206 Å². The molecule has 1 fully saturated rings. The molecule has 0 radical (unpaired) electrons. The van der Waals surface area contributed by atoms with Gasteiger partial charge in [0.1, 0.15) is 11.8 Å². The molecule has 1 saturated carbocycles. The van der Waals surface area contributed by atoms with Crippen molar-refractivity contribution < 1.29 is 14.3 Å². The zero-order valence-electron chi connectivity index (χ0n) is 19.5. The minimum Gasteiger partial charge on any atom is -0.483 e. The van der Waals surface area contributed by atoms with Gasteiger partial charge >= 0.3 is 0 Å². The van der Waals surface area contributed by atoms with E-state index in [2.05, 4.69) is 5.32 Å². The summed E-state index contributed by atoms with van der Waals surface area (Å²) < 4.78 is 5.95. The Bertz CT molecular complexity index is 1140. The summed E-state index contributed by atoms with van der Waals surface area (Å²) in [6, 6.07) is 20.6. The van der Waals surface area contributed by atoms with Crippen molar-refractivity contribution in [2.75, 3.05) is 6.61 Å². The zero-order chi connectivity index (χ0) is 23.9. The number of hydrogen-bond donors (Lipinski definition) is 1. The molecule has 1 aliphatic rings. The first-order valence-electron chi connectivity index (χ1n) is 12.0. The number of ether oxygens (including phenoxy) is 1. The van der Waals surface area contributed by atoms with E-state index in [1.54, 1.807) is 17.9 Å². The van der Waals surface area contributed by atoms with E-state index in [9.17, 15) is 9.59 Å². The van der Waals surface area contributed by atoms with Gasteiger partial charge in [-0.1, -0.05) is 85.5 Å². The lowest BCUT2D eigenvalue weighted by Gasteiger charge is -2.31. The molecule has 0 saturated heterocycles. The number of amides is 2. The van der Waals surface area contributed by atoms with Crippen LogP contribution in [0.3, 0.4) is 0 Å². The van der Waals surface area contributed by atoms with E-state index < -0.39 is 6.04 Å². The highest BCUT2D eigenvalue weighted by Crippen LogP contribution is 2.26. The molecule has 1 N–H and O–H groups in total. The van der Waals surface area contributed by atoms with Crippen LogP contribution in [0.15, 0.2) is 66.7 Å². The van der Waals surface area contributed by atoms with Gasteiger partial charge in [0.05, 0.1) is 0 Å². The van der Waals surface area contributed by atoms with E-state index >= 15 is 0 Å². The number of rotatable bonds is 8. The average molecular weight is 479 g/mol. The predicted molar refractivity (Wildman–Crippen MR) is 136 cm³/mol. The molecule has 1 aliphatic carbocycles. The summed E-state index contributed by atoms with van der Waals surface area (Å²) in [5, 5.41) is 5.70. The molecule has 6 heteroatoms. The van der Waals surface area contributed by atoms with Crippen LogP contribution in [0, 0.1) is 0 Å². The fourth-order valence-electron chi connectivity index (χ4n) is 4.51. The standard InChI is InChI=1S/C28H31ClN2O3/c1-20(28(33)30-23-13-3-2-4-14-23)31(18-22-11-6-8-16-25(22)29)27(32)19-34-26-17-9-12-21-10-5-7-15-24(21)26/h5-12,15-17,20,23H,2-4,13-14,18-19H2,1H3,(H,30,33)/t20-/m0/s1. The molecule has 4 rings (SSSR count). The van der Waals surface area contributed by atoms with Crippen molar-refractivity contribution in [3.05, 3.63) is 77.3 Å². The highest BCUT2D eigenvalue weighted by molar-refractivity contribution is 6.31. The molecule has 5 nitrogen and oxygen atoms in total. The van der Waals surface area contributed by atoms with Gasteiger partial charge in [0.15, 0.2) is 6.61 Å². The van der Waals surface area contributed by atoms with Gasteiger partial charge in [0, 0.05) is 23.0 Å². The van der Waals surface area contributed by atoms with E-state index in [-0.39, 0.29) is 31.0 Å². The van der Waals surface area contributed by atoms with Gasteiger partial charge in [-0.2, -0.15) is 0 Å². The Hall–Kier alpha value is -3.05. The summed E-state index contributed by atoms with van der Waals surface area (Å²) >= 11 is 6.38. The smallest absolute Gasteiger partial charge is 0.261 e. The summed E-state index contributed by atoms with van der Waals surface area (Å²) in [6.07, 6.45) is 5.44. The van der Waals surface area contributed by atoms with Crippen molar-refractivity contribution >= 4 is 34.2 Å². The van der Waals surface area contributed by atoms with Crippen molar-refractivity contribution in [1.82, 2.24) is 10.2 Å². The third-order valence-electron chi connectivity index (χ3n) is 6.52. The lowest BCUT2D eigenvalue weighted by atomic mass is 9.95. The van der Waals surface area contributed by atoms with Gasteiger partial charge in [-0.3, -0.25) is 9.59 Å². The van der Waals surface area contributed by atoms with Crippen LogP contribution in [0.2, 0.25) is 5.02 Å². The molecule has 0 unspecified atom stereocenters. The lowest BCUT2D eigenvalue weighted by Crippen LogP contribution is -2.51. The molecule has 178 valence electrons. The number of fused-ring (bicyclic) bond motifs is 1. The van der Waals surface area contributed by atoms with Gasteiger partial charge in [-0.15, -0.1) is 0 Å². The van der Waals surface area contributed by atoms with Gasteiger partial charge in [0.25, 0.3) is 5.91 Å². The molecule has 34 heavy (non-hydrogen) atoms. The molecule has 3 aromatic rings. The summed E-state index contributed by atoms with van der Waals surface area (Å²) in [5.74, 6) is 0.236. The minimum atomic E-state index is -0.651. The molecule has 0 spiro atoms. The second kappa shape index (κ2) is 11.4. The zero-order valence-corrected chi connectivity index (χ0v) is 20.3. The number of carbonyl (C=O) groups excluding carboxylic acids is 2. The largest absolute Gasteiger partial charge is 0.483 e. The van der Waals surface area contributed by atoms with Crippen molar-refractivity contribution in [1.29, 1.82) is 0 Å². The maximum absolute atomic E-state index is 13.4. The normalized spacial score (nSPS) is 15.0. The Morgan fingerprint density at radius 1 is 1.00 bits per heavy atom. The summed E-state index contributed by atoms with van der Waals surface area (Å²) in [4.78, 5) is 28.0. The Kier molecular flexibility index (Phi) is 8.07. The van der Waals surface area contributed by atoms with E-state index in [1.165, 1.54) is 6.42 Å². The van der Waals surface area contributed by atoms with E-state index in [0.29, 0.717) is 10.8 Å². The van der Waals surface area contributed by atoms with Crippen molar-refractivity contribution in [3.8, 4) is 5.75 Å². The summed E-state index contributed by atoms with van der Waals surface area (Å²) in [6.45, 7) is 1.83. The van der Waals surface area contributed by atoms with Crippen LogP contribution in [0.4, 0.5) is 0 Å². The van der Waals surface area contributed by atoms with Gasteiger partial charge < -0.3 is 15.0 Å². The van der Waals surface area contributed by atoms with Gasteiger partial charge in [0.2, 0.25) is 5.91 Å². The Morgan fingerprint density at radius 3 is 2.50 bits per heavy atom. The highest BCUT2D eigenvalue weighted by Gasteiger charge is 2.29. The molecular weight excluding hydrogens is 448 g/mol. The van der Waals surface area contributed by atoms with Crippen molar-refractivity contribution in [2.24, 2.45) is 0 Å². The second-order valence-corrected chi connectivity index (χ2v) is 9.31. The molecule has 0 aliphatic heterocycles. The first-order valence-corrected chi connectivity index (χ1v) is 12.3. The number of benzene rings is 3. The van der Waals surface area contributed by atoms with Crippen LogP contribution in [-0.2, 0) is 16.1 Å². The molecule has 2 amide bonds. The third kappa shape index (κ3) is 5.89. The molecule has 0 bridgehead atoms. The maximum Gasteiger partial charge on any atom is 0.261 e. The number of nitrogens with zero attached hydrogens (tertiary/aromatic N) is 1. The first-order chi connectivity index (χ1) is 16.5. The van der Waals surface area contributed by atoms with Crippen molar-refractivity contribution in [3.63, 3.8) is 0 Å². The third-order valence-corrected chi connectivity index (χ3v) is 6.89. The monoisotopic (exact) mass is 478 g/mol. The van der Waals surface area contributed by atoms with Crippen LogP contribution >= 0.6 is 11.6 Å². The molecular formula is C28H31ClN2O3. The van der Waals surface area contributed by atoms with Gasteiger partial charge in [-0.25, -0.2) is 0 Å². The van der Waals surface area contributed by atoms with Crippen LogP contribution in [0.25, 0.3) is 10.8 Å². The maximum atomic E-state index is 13.4. The quantitative estimate of drug-likeness (QED) is 0.449. The van der Waals surface area contributed by atoms with Crippen LogP contribution in [-0.4, -0.2) is 35.4 Å². The topological polar surface area (TPSA) is 58.6 Å². The molecule has 0 aromatic heterocycles. The SMILES string of the molecule is C[C@@H](C(=O)NC1CCCCC1)N(Cc1ccccc1Cl)C(=O)COc1cccc2ccccc12. The Balaban J connectivity index is 1.50. The Morgan fingerprint density at radius 2 is 1.71 bits per heavy atom. The average Bonchev–Trinajstić information content (AvgIpc) is 2.87. The predicted octanol–water partition coefficient (Wildman–Crippen LogP) is 5.74. The second-order valence-electron chi connectivity index (χ2n) is 8.90. The minimum absolute atomic E-state index is 0.141. The first kappa shape index (κ1) is 24.1. The lowest BCUT2D eigenvalue weighted by molar-refractivity contribution is -0.142. The highest BCUT2D eigenvalue weighted by atomic mass is 35.5. The van der Waals surface area contributed by atoms with Gasteiger partial charge in [-0.05, 0) is 42.8 Å². The fourth-order valence-corrected chi connectivity index (χ4v) is 4.70. The molecule has 3 aromatic carbocycles. The van der Waals surface area contributed by atoms with Crippen molar-refractivity contribution in [2.45, 2.75) is 57.7 Å². The van der Waals surface area contributed by atoms with E-state index in [4.69, 9.17) is 16.3 Å². The number of carbonyl (C=O) groups is 2. The van der Waals surface area contributed by atoms with Crippen LogP contribution in [0.1, 0.15) is 44.6 Å². The molecule has 1 atom stereocenters. The number of nitrogens with one attached hydrogen (secondary N) is 1. The van der Waals surface area contributed by atoms with Crippen LogP contribution in [0.5, 0.6) is 5.75 Å². The van der Waals surface area contributed by atoms with Crippen LogP contribution < -0.4 is 10.1 Å². The molecule has 0 heterocycles. The van der Waals surface area contributed by atoms with E-state index in [0.717, 1.165) is 42.0 Å². The summed E-state index contributed by atoms with van der Waals surface area (Å²) in [7, 11) is 0.